The highest BCUT2D eigenvalue weighted by Gasteiger charge is 2.16. The van der Waals surface area contributed by atoms with Crippen LogP contribution in [0.25, 0.3) is 0 Å². The highest BCUT2D eigenvalue weighted by atomic mass is 16.5. The molecule has 19 heavy (non-hydrogen) atoms. The van der Waals surface area contributed by atoms with Crippen LogP contribution in [0.5, 0.6) is 5.75 Å². The fourth-order valence-electron chi connectivity index (χ4n) is 1.90. The zero-order valence-corrected chi connectivity index (χ0v) is 11.4. The van der Waals surface area contributed by atoms with Gasteiger partial charge in [-0.3, -0.25) is 4.98 Å². The summed E-state index contributed by atoms with van der Waals surface area (Å²) in [6, 6.07) is 2.02. The first-order valence-corrected chi connectivity index (χ1v) is 6.65. The molecule has 0 aliphatic heterocycles. The van der Waals surface area contributed by atoms with E-state index >= 15 is 0 Å². The largest absolute Gasteiger partial charge is 0.492 e. The zero-order chi connectivity index (χ0) is 13.5. The molecule has 0 saturated carbocycles. The Kier molecular flexibility index (Phi) is 4.92. The molecule has 0 saturated heterocycles. The van der Waals surface area contributed by atoms with Crippen LogP contribution in [-0.4, -0.2) is 28.1 Å². The molecule has 0 bridgehead atoms. The van der Waals surface area contributed by atoms with Gasteiger partial charge in [-0.2, -0.15) is 0 Å². The molecule has 0 fully saturated rings. The van der Waals surface area contributed by atoms with Gasteiger partial charge in [-0.05, 0) is 24.6 Å². The Labute approximate surface area is 113 Å². The third-order valence-electron chi connectivity index (χ3n) is 2.74. The molecule has 5 nitrogen and oxygen atoms in total. The van der Waals surface area contributed by atoms with Crippen molar-refractivity contribution in [3.05, 3.63) is 42.2 Å². The maximum Gasteiger partial charge on any atom is 0.137 e. The van der Waals surface area contributed by atoms with E-state index in [1.165, 1.54) is 0 Å². The SMILES string of the molecule is CCCOc1cncc(C(NCC)c2ncc[nH]2)c1. The van der Waals surface area contributed by atoms with Gasteiger partial charge in [-0.25, -0.2) is 4.98 Å². The summed E-state index contributed by atoms with van der Waals surface area (Å²) in [5, 5.41) is 3.40. The lowest BCUT2D eigenvalue weighted by molar-refractivity contribution is 0.315. The van der Waals surface area contributed by atoms with Gasteiger partial charge in [-0.1, -0.05) is 13.8 Å². The maximum absolute atomic E-state index is 5.62. The number of ether oxygens (including phenoxy) is 1. The molecule has 2 aromatic rings. The van der Waals surface area contributed by atoms with E-state index in [1.54, 1.807) is 12.4 Å². The number of nitrogens with one attached hydrogen (secondary N) is 2. The molecule has 1 unspecified atom stereocenters. The van der Waals surface area contributed by atoms with Crippen molar-refractivity contribution in [2.45, 2.75) is 26.3 Å². The average Bonchev–Trinajstić information content (AvgIpc) is 2.96. The number of aromatic nitrogens is 3. The monoisotopic (exact) mass is 260 g/mol. The normalized spacial score (nSPS) is 12.3. The number of hydrogen-bond acceptors (Lipinski definition) is 4. The predicted octanol–water partition coefficient (Wildman–Crippen LogP) is 2.29. The molecule has 0 aliphatic carbocycles. The predicted molar refractivity (Wildman–Crippen MR) is 74.1 cm³/mol. The first kappa shape index (κ1) is 13.5. The van der Waals surface area contributed by atoms with Crippen LogP contribution in [0.15, 0.2) is 30.9 Å². The second kappa shape index (κ2) is 6.89. The number of pyridine rings is 1. The van der Waals surface area contributed by atoms with Crippen molar-refractivity contribution in [3.8, 4) is 5.75 Å². The van der Waals surface area contributed by atoms with Gasteiger partial charge in [0.1, 0.15) is 11.6 Å². The van der Waals surface area contributed by atoms with Crippen LogP contribution in [0.3, 0.4) is 0 Å². The van der Waals surface area contributed by atoms with Gasteiger partial charge in [0.15, 0.2) is 0 Å². The molecule has 0 aromatic carbocycles. The number of rotatable bonds is 7. The molecule has 1 atom stereocenters. The smallest absolute Gasteiger partial charge is 0.137 e. The molecule has 0 amide bonds. The van der Waals surface area contributed by atoms with E-state index < -0.39 is 0 Å². The minimum absolute atomic E-state index is 0.0117. The topological polar surface area (TPSA) is 62.8 Å². The van der Waals surface area contributed by atoms with Crippen molar-refractivity contribution in [2.75, 3.05) is 13.2 Å². The van der Waals surface area contributed by atoms with Crippen LogP contribution in [0.4, 0.5) is 0 Å². The van der Waals surface area contributed by atoms with E-state index in [9.17, 15) is 0 Å². The molecule has 0 spiro atoms. The lowest BCUT2D eigenvalue weighted by Gasteiger charge is -2.16. The van der Waals surface area contributed by atoms with Crippen LogP contribution in [0.2, 0.25) is 0 Å². The quantitative estimate of drug-likeness (QED) is 0.801. The maximum atomic E-state index is 5.62. The summed E-state index contributed by atoms with van der Waals surface area (Å²) in [5.41, 5.74) is 1.05. The van der Waals surface area contributed by atoms with Gasteiger partial charge in [0.2, 0.25) is 0 Å². The van der Waals surface area contributed by atoms with E-state index in [4.69, 9.17) is 4.74 Å². The Morgan fingerprint density at radius 1 is 1.37 bits per heavy atom. The van der Waals surface area contributed by atoms with Crippen molar-refractivity contribution < 1.29 is 4.74 Å². The second-order valence-corrected chi connectivity index (χ2v) is 4.27. The van der Waals surface area contributed by atoms with Crippen LogP contribution >= 0.6 is 0 Å². The van der Waals surface area contributed by atoms with Gasteiger partial charge < -0.3 is 15.0 Å². The molecule has 2 N–H and O–H groups in total. The lowest BCUT2D eigenvalue weighted by Crippen LogP contribution is -2.23. The highest BCUT2D eigenvalue weighted by molar-refractivity contribution is 5.29. The molecule has 5 heteroatoms. The number of imidazole rings is 1. The van der Waals surface area contributed by atoms with Crippen LogP contribution in [-0.2, 0) is 0 Å². The average molecular weight is 260 g/mol. The van der Waals surface area contributed by atoms with Gasteiger partial charge in [0.25, 0.3) is 0 Å². The lowest BCUT2D eigenvalue weighted by atomic mass is 10.1. The number of H-pyrrole nitrogens is 1. The Hall–Kier alpha value is -1.88. The summed E-state index contributed by atoms with van der Waals surface area (Å²) in [6.07, 6.45) is 8.15. The third-order valence-corrected chi connectivity index (χ3v) is 2.74. The molecule has 2 heterocycles. The van der Waals surface area contributed by atoms with Gasteiger partial charge in [0.05, 0.1) is 18.8 Å². The van der Waals surface area contributed by atoms with E-state index in [-0.39, 0.29) is 6.04 Å². The summed E-state index contributed by atoms with van der Waals surface area (Å²) < 4.78 is 5.62. The first-order chi connectivity index (χ1) is 9.35. The van der Waals surface area contributed by atoms with Crippen molar-refractivity contribution in [3.63, 3.8) is 0 Å². The van der Waals surface area contributed by atoms with Crippen molar-refractivity contribution in [1.29, 1.82) is 0 Å². The third kappa shape index (κ3) is 3.54. The number of hydrogen-bond donors (Lipinski definition) is 2. The summed E-state index contributed by atoms with van der Waals surface area (Å²) in [5.74, 6) is 1.69. The molecule has 2 rings (SSSR count). The van der Waals surface area contributed by atoms with Crippen molar-refractivity contribution >= 4 is 0 Å². The minimum atomic E-state index is 0.0117. The Balaban J connectivity index is 2.21. The fraction of sp³-hybridized carbons (Fsp3) is 0.429. The Morgan fingerprint density at radius 2 is 2.26 bits per heavy atom. The molecule has 0 aliphatic rings. The first-order valence-electron chi connectivity index (χ1n) is 6.65. The number of aromatic amines is 1. The van der Waals surface area contributed by atoms with E-state index in [0.29, 0.717) is 6.61 Å². The minimum Gasteiger partial charge on any atom is -0.492 e. The Morgan fingerprint density at radius 3 is 2.95 bits per heavy atom. The van der Waals surface area contributed by atoms with Crippen LogP contribution < -0.4 is 10.1 Å². The van der Waals surface area contributed by atoms with E-state index in [0.717, 1.165) is 30.1 Å². The van der Waals surface area contributed by atoms with E-state index in [1.807, 2.05) is 18.5 Å². The van der Waals surface area contributed by atoms with Crippen LogP contribution in [0.1, 0.15) is 37.7 Å². The van der Waals surface area contributed by atoms with E-state index in [2.05, 4.69) is 34.1 Å². The van der Waals surface area contributed by atoms with Crippen LogP contribution in [0, 0.1) is 0 Å². The summed E-state index contributed by atoms with van der Waals surface area (Å²) >= 11 is 0. The van der Waals surface area contributed by atoms with Crippen molar-refractivity contribution in [2.24, 2.45) is 0 Å². The summed E-state index contributed by atoms with van der Waals surface area (Å²) in [6.45, 7) is 5.71. The molecular formula is C14H20N4O. The molecule has 102 valence electrons. The standard InChI is InChI=1S/C14H20N4O/c1-3-7-19-12-8-11(9-15-10-12)13(16-4-2)14-17-5-6-18-14/h5-6,8-10,13,16H,3-4,7H2,1-2H3,(H,17,18). The highest BCUT2D eigenvalue weighted by Crippen LogP contribution is 2.22. The summed E-state index contributed by atoms with van der Waals surface area (Å²) in [7, 11) is 0. The fourth-order valence-corrected chi connectivity index (χ4v) is 1.90. The zero-order valence-electron chi connectivity index (χ0n) is 11.4. The Bertz CT molecular complexity index is 484. The summed E-state index contributed by atoms with van der Waals surface area (Å²) in [4.78, 5) is 11.7. The second-order valence-electron chi connectivity index (χ2n) is 4.27. The van der Waals surface area contributed by atoms with Gasteiger partial charge >= 0.3 is 0 Å². The van der Waals surface area contributed by atoms with Gasteiger partial charge in [0, 0.05) is 18.6 Å². The molecule has 2 aromatic heterocycles. The van der Waals surface area contributed by atoms with Gasteiger partial charge in [-0.15, -0.1) is 0 Å². The number of nitrogens with zero attached hydrogens (tertiary/aromatic N) is 2. The molecule has 0 radical (unpaired) electrons. The van der Waals surface area contributed by atoms with Crippen molar-refractivity contribution in [1.82, 2.24) is 20.3 Å². The molecular weight excluding hydrogens is 240 g/mol.